The molecule has 0 radical (unpaired) electrons. The van der Waals surface area contributed by atoms with Crippen LogP contribution in [0.3, 0.4) is 0 Å². The van der Waals surface area contributed by atoms with Crippen molar-refractivity contribution in [2.45, 2.75) is 18.7 Å². The van der Waals surface area contributed by atoms with Crippen molar-refractivity contribution in [2.75, 3.05) is 12.4 Å². The monoisotopic (exact) mass is 366 g/mol. The van der Waals surface area contributed by atoms with Gasteiger partial charge < -0.3 is 9.15 Å². The van der Waals surface area contributed by atoms with Gasteiger partial charge in [-0.15, -0.1) is 11.8 Å². The third-order valence-electron chi connectivity index (χ3n) is 3.95. The van der Waals surface area contributed by atoms with E-state index >= 15 is 0 Å². The summed E-state index contributed by atoms with van der Waals surface area (Å²) >= 11 is 1.73. The Kier molecular flexibility index (Phi) is 5.52. The SMILES string of the molecule is C=CC(=O)OCC(C)(C)CSc1ccc2cc(-c3ccccc3)oc2c1. The Morgan fingerprint density at radius 1 is 1.19 bits per heavy atom. The molecule has 0 fully saturated rings. The summed E-state index contributed by atoms with van der Waals surface area (Å²) in [7, 11) is 0. The molecule has 0 atom stereocenters. The molecule has 0 N–H and O–H groups in total. The van der Waals surface area contributed by atoms with Crippen molar-refractivity contribution < 1.29 is 13.9 Å². The first kappa shape index (κ1) is 18.3. The van der Waals surface area contributed by atoms with Crippen LogP contribution in [0, 0.1) is 5.41 Å². The maximum absolute atomic E-state index is 11.2. The first-order valence-electron chi connectivity index (χ1n) is 8.48. The van der Waals surface area contributed by atoms with Crippen LogP contribution in [-0.4, -0.2) is 18.3 Å². The Morgan fingerprint density at radius 3 is 2.69 bits per heavy atom. The van der Waals surface area contributed by atoms with Crippen LogP contribution in [0.4, 0.5) is 0 Å². The maximum atomic E-state index is 11.2. The zero-order valence-electron chi connectivity index (χ0n) is 15.0. The average Bonchev–Trinajstić information content (AvgIpc) is 3.09. The molecule has 0 saturated heterocycles. The van der Waals surface area contributed by atoms with Gasteiger partial charge in [0.2, 0.25) is 0 Å². The van der Waals surface area contributed by atoms with Gasteiger partial charge in [-0.3, -0.25) is 0 Å². The quantitative estimate of drug-likeness (QED) is 0.294. The van der Waals surface area contributed by atoms with E-state index in [0.717, 1.165) is 32.9 Å². The van der Waals surface area contributed by atoms with E-state index in [0.29, 0.717) is 6.61 Å². The third-order valence-corrected chi connectivity index (χ3v) is 5.46. The highest BCUT2D eigenvalue weighted by molar-refractivity contribution is 7.99. The summed E-state index contributed by atoms with van der Waals surface area (Å²) in [5, 5.41) is 1.09. The number of hydrogen-bond donors (Lipinski definition) is 0. The van der Waals surface area contributed by atoms with E-state index in [1.54, 1.807) is 11.8 Å². The summed E-state index contributed by atoms with van der Waals surface area (Å²) in [4.78, 5) is 12.4. The molecular formula is C22H22O3S. The van der Waals surface area contributed by atoms with Crippen LogP contribution in [0.15, 0.2) is 76.6 Å². The van der Waals surface area contributed by atoms with Gasteiger partial charge in [0.15, 0.2) is 0 Å². The van der Waals surface area contributed by atoms with Gasteiger partial charge in [-0.1, -0.05) is 50.8 Å². The lowest BCUT2D eigenvalue weighted by Gasteiger charge is -2.23. The number of rotatable bonds is 7. The van der Waals surface area contributed by atoms with Gasteiger partial charge in [-0.25, -0.2) is 4.79 Å². The van der Waals surface area contributed by atoms with Crippen LogP contribution >= 0.6 is 11.8 Å². The molecule has 2 aromatic carbocycles. The number of carbonyl (C=O) groups excluding carboxylic acids is 1. The Hall–Kier alpha value is -2.46. The maximum Gasteiger partial charge on any atom is 0.330 e. The Labute approximate surface area is 158 Å². The van der Waals surface area contributed by atoms with Crippen LogP contribution in [0.5, 0.6) is 0 Å². The summed E-state index contributed by atoms with van der Waals surface area (Å²) in [6.07, 6.45) is 1.19. The van der Waals surface area contributed by atoms with E-state index in [2.05, 4.69) is 44.7 Å². The molecular weight excluding hydrogens is 344 g/mol. The third kappa shape index (κ3) is 4.58. The number of benzene rings is 2. The van der Waals surface area contributed by atoms with Gasteiger partial charge >= 0.3 is 5.97 Å². The Bertz CT molecular complexity index is 910. The molecule has 26 heavy (non-hydrogen) atoms. The fraction of sp³-hybridized carbons (Fsp3) is 0.227. The standard InChI is InChI=1S/C22H22O3S/c1-4-21(23)24-14-22(2,3)15-26-18-11-10-17-12-19(25-20(17)13-18)16-8-6-5-7-9-16/h4-13H,1,14-15H2,2-3H3. The molecule has 3 rings (SSSR count). The normalized spacial score (nSPS) is 11.5. The minimum atomic E-state index is -0.381. The van der Waals surface area contributed by atoms with Crippen LogP contribution in [0.2, 0.25) is 0 Å². The smallest absolute Gasteiger partial charge is 0.330 e. The number of hydrogen-bond acceptors (Lipinski definition) is 4. The number of thioether (sulfide) groups is 1. The van der Waals surface area contributed by atoms with Crippen LogP contribution in [-0.2, 0) is 9.53 Å². The van der Waals surface area contributed by atoms with E-state index in [1.165, 1.54) is 6.08 Å². The fourth-order valence-corrected chi connectivity index (χ4v) is 3.49. The predicted octanol–water partition coefficient (Wildman–Crippen LogP) is 5.95. The zero-order valence-corrected chi connectivity index (χ0v) is 15.8. The first-order valence-corrected chi connectivity index (χ1v) is 9.46. The Morgan fingerprint density at radius 2 is 1.96 bits per heavy atom. The number of ether oxygens (including phenoxy) is 1. The van der Waals surface area contributed by atoms with Gasteiger partial charge in [0, 0.05) is 33.1 Å². The fourth-order valence-electron chi connectivity index (χ4n) is 2.49. The van der Waals surface area contributed by atoms with Crippen molar-refractivity contribution in [1.82, 2.24) is 0 Å². The molecule has 134 valence electrons. The van der Waals surface area contributed by atoms with Crippen molar-refractivity contribution >= 4 is 28.7 Å². The average molecular weight is 366 g/mol. The van der Waals surface area contributed by atoms with E-state index in [-0.39, 0.29) is 11.4 Å². The summed E-state index contributed by atoms with van der Waals surface area (Å²) in [6, 6.07) is 18.4. The number of furan rings is 1. The molecule has 0 aliphatic rings. The second kappa shape index (κ2) is 7.83. The zero-order chi connectivity index (χ0) is 18.6. The molecule has 3 aromatic rings. The molecule has 1 aromatic heterocycles. The molecule has 0 aliphatic heterocycles. The van der Waals surface area contributed by atoms with Crippen molar-refractivity contribution in [1.29, 1.82) is 0 Å². The highest BCUT2D eigenvalue weighted by Gasteiger charge is 2.20. The summed E-state index contributed by atoms with van der Waals surface area (Å²) < 4.78 is 11.2. The lowest BCUT2D eigenvalue weighted by atomic mass is 9.98. The van der Waals surface area contributed by atoms with Crippen LogP contribution in [0.1, 0.15) is 13.8 Å². The van der Waals surface area contributed by atoms with E-state index in [9.17, 15) is 4.79 Å². The second-order valence-electron chi connectivity index (χ2n) is 6.94. The molecule has 3 nitrogen and oxygen atoms in total. The molecule has 0 bridgehead atoms. The predicted molar refractivity (Wildman–Crippen MR) is 107 cm³/mol. The number of fused-ring (bicyclic) bond motifs is 1. The number of esters is 1. The highest BCUT2D eigenvalue weighted by atomic mass is 32.2. The van der Waals surface area contributed by atoms with Gasteiger partial charge in [-0.2, -0.15) is 0 Å². The molecule has 0 aliphatic carbocycles. The number of carbonyl (C=O) groups is 1. The van der Waals surface area contributed by atoms with Crippen LogP contribution < -0.4 is 0 Å². The summed E-state index contributed by atoms with van der Waals surface area (Å²) in [5.41, 5.74) is 1.82. The molecule has 0 spiro atoms. The summed E-state index contributed by atoms with van der Waals surface area (Å²) in [6.45, 7) is 7.94. The summed E-state index contributed by atoms with van der Waals surface area (Å²) in [5.74, 6) is 1.32. The van der Waals surface area contributed by atoms with Crippen molar-refractivity contribution in [3.63, 3.8) is 0 Å². The van der Waals surface area contributed by atoms with Crippen molar-refractivity contribution in [3.05, 3.63) is 67.3 Å². The van der Waals surface area contributed by atoms with E-state index in [4.69, 9.17) is 9.15 Å². The topological polar surface area (TPSA) is 39.4 Å². The molecule has 0 saturated carbocycles. The Balaban J connectivity index is 1.69. The molecule has 4 heteroatoms. The van der Waals surface area contributed by atoms with Crippen molar-refractivity contribution in [2.24, 2.45) is 5.41 Å². The first-order chi connectivity index (χ1) is 12.5. The second-order valence-corrected chi connectivity index (χ2v) is 7.99. The lowest BCUT2D eigenvalue weighted by molar-refractivity contribution is -0.140. The van der Waals surface area contributed by atoms with Gasteiger partial charge in [0.25, 0.3) is 0 Å². The molecule has 0 unspecified atom stereocenters. The highest BCUT2D eigenvalue weighted by Crippen LogP contribution is 2.33. The van der Waals surface area contributed by atoms with E-state index in [1.807, 2.05) is 30.3 Å². The molecule has 1 heterocycles. The lowest BCUT2D eigenvalue weighted by Crippen LogP contribution is -2.23. The van der Waals surface area contributed by atoms with E-state index < -0.39 is 0 Å². The minimum absolute atomic E-state index is 0.128. The molecule has 0 amide bonds. The van der Waals surface area contributed by atoms with Crippen LogP contribution in [0.25, 0.3) is 22.3 Å². The van der Waals surface area contributed by atoms with Gasteiger partial charge in [0.05, 0.1) is 6.61 Å². The van der Waals surface area contributed by atoms with Gasteiger partial charge in [-0.05, 0) is 24.3 Å². The van der Waals surface area contributed by atoms with Gasteiger partial charge in [0.1, 0.15) is 11.3 Å². The van der Waals surface area contributed by atoms with Crippen molar-refractivity contribution in [3.8, 4) is 11.3 Å². The minimum Gasteiger partial charge on any atom is -0.462 e. The largest absolute Gasteiger partial charge is 0.462 e.